The average Bonchev–Trinajstić information content (AvgIpc) is 2.42. The van der Waals surface area contributed by atoms with Gasteiger partial charge < -0.3 is 10.1 Å². The Morgan fingerprint density at radius 3 is 2.84 bits per heavy atom. The summed E-state index contributed by atoms with van der Waals surface area (Å²) in [6, 6.07) is 7.25. The van der Waals surface area contributed by atoms with Crippen molar-refractivity contribution in [1.82, 2.24) is 9.97 Å². The van der Waals surface area contributed by atoms with Crippen LogP contribution in [0.5, 0.6) is 11.6 Å². The molecule has 0 unspecified atom stereocenters. The molecule has 0 aliphatic heterocycles. The molecule has 1 heterocycles. The molecule has 1 aromatic heterocycles. The molecule has 0 saturated carbocycles. The van der Waals surface area contributed by atoms with Crippen LogP contribution in [0.15, 0.2) is 35.1 Å². The number of nitrogens with zero attached hydrogens (tertiary/aromatic N) is 2. The van der Waals surface area contributed by atoms with E-state index in [0.717, 1.165) is 13.0 Å². The molecule has 2 aromatic rings. The number of nitrogens with one attached hydrogen (secondary N) is 1. The molecule has 4 nitrogen and oxygen atoms in total. The minimum atomic E-state index is 0.432. The maximum absolute atomic E-state index is 6.05. The first kappa shape index (κ1) is 14.1. The fourth-order valence-electron chi connectivity index (χ4n) is 1.42. The monoisotopic (exact) mass is 341 g/mol. The van der Waals surface area contributed by atoms with Crippen molar-refractivity contribution in [2.24, 2.45) is 0 Å². The summed E-state index contributed by atoms with van der Waals surface area (Å²) in [5.74, 6) is 1.70. The summed E-state index contributed by atoms with van der Waals surface area (Å²) in [6.07, 6.45) is 2.46. The number of anilines is 1. The lowest BCUT2D eigenvalue weighted by molar-refractivity contribution is 0.458. The Morgan fingerprint density at radius 2 is 2.11 bits per heavy atom. The molecule has 1 aromatic carbocycles. The van der Waals surface area contributed by atoms with Gasteiger partial charge in [0, 0.05) is 6.54 Å². The molecule has 0 aliphatic rings. The van der Waals surface area contributed by atoms with Gasteiger partial charge in [0.1, 0.15) is 22.4 Å². The first-order valence-electron chi connectivity index (χ1n) is 5.89. The maximum Gasteiger partial charge on any atom is 0.238 e. The number of halogens is 2. The van der Waals surface area contributed by atoms with E-state index in [2.05, 4.69) is 38.1 Å². The molecule has 0 radical (unpaired) electrons. The average molecular weight is 343 g/mol. The fraction of sp³-hybridized carbons (Fsp3) is 0.231. The second-order valence-electron chi connectivity index (χ2n) is 3.80. The molecule has 0 bridgehead atoms. The second-order valence-corrected chi connectivity index (χ2v) is 5.00. The molecule has 0 saturated heterocycles. The van der Waals surface area contributed by atoms with E-state index in [9.17, 15) is 0 Å². The Kier molecular flexibility index (Phi) is 4.99. The minimum Gasteiger partial charge on any atom is -0.436 e. The lowest BCUT2D eigenvalue weighted by Gasteiger charge is -2.11. The van der Waals surface area contributed by atoms with Gasteiger partial charge in [0.25, 0.3) is 0 Å². The molecular formula is C13H13BrClN3O. The van der Waals surface area contributed by atoms with Crippen LogP contribution in [0.2, 0.25) is 5.02 Å². The van der Waals surface area contributed by atoms with Gasteiger partial charge in [0.15, 0.2) is 0 Å². The smallest absolute Gasteiger partial charge is 0.238 e. The van der Waals surface area contributed by atoms with Crippen molar-refractivity contribution >= 4 is 33.3 Å². The van der Waals surface area contributed by atoms with Crippen molar-refractivity contribution < 1.29 is 4.74 Å². The van der Waals surface area contributed by atoms with Crippen molar-refractivity contribution in [2.45, 2.75) is 13.3 Å². The first-order chi connectivity index (χ1) is 9.22. The fourth-order valence-corrected chi connectivity index (χ4v) is 2.02. The number of aromatic nitrogens is 2. The molecule has 6 heteroatoms. The molecule has 0 spiro atoms. The highest BCUT2D eigenvalue weighted by atomic mass is 79.9. The van der Waals surface area contributed by atoms with Crippen LogP contribution >= 0.6 is 27.5 Å². The Balaban J connectivity index is 2.23. The highest BCUT2D eigenvalue weighted by Crippen LogP contribution is 2.34. The minimum absolute atomic E-state index is 0.432. The molecule has 1 N–H and O–H groups in total. The summed E-state index contributed by atoms with van der Waals surface area (Å²) in [5, 5.41) is 3.73. The van der Waals surface area contributed by atoms with Gasteiger partial charge in [0.05, 0.1) is 5.02 Å². The van der Waals surface area contributed by atoms with E-state index in [1.807, 2.05) is 12.1 Å². The lowest BCUT2D eigenvalue weighted by Crippen LogP contribution is -2.04. The molecular weight excluding hydrogens is 330 g/mol. The number of rotatable bonds is 5. The summed E-state index contributed by atoms with van der Waals surface area (Å²) in [5.41, 5.74) is 0. The Hall–Kier alpha value is -1.33. The molecule has 0 atom stereocenters. The van der Waals surface area contributed by atoms with Crippen LogP contribution in [0.3, 0.4) is 0 Å². The van der Waals surface area contributed by atoms with Crippen LogP contribution in [0.4, 0.5) is 5.82 Å². The highest BCUT2D eigenvalue weighted by molar-refractivity contribution is 9.10. The largest absolute Gasteiger partial charge is 0.436 e. The summed E-state index contributed by atoms with van der Waals surface area (Å²) < 4.78 is 6.37. The van der Waals surface area contributed by atoms with E-state index < -0.39 is 0 Å². The zero-order valence-corrected chi connectivity index (χ0v) is 12.7. The van der Waals surface area contributed by atoms with Crippen molar-refractivity contribution in [2.75, 3.05) is 11.9 Å². The number of ether oxygens (including phenoxy) is 1. The van der Waals surface area contributed by atoms with Gasteiger partial charge in [-0.3, -0.25) is 0 Å². The summed E-state index contributed by atoms with van der Waals surface area (Å²) in [6.45, 7) is 2.92. The van der Waals surface area contributed by atoms with Gasteiger partial charge in [0.2, 0.25) is 5.88 Å². The van der Waals surface area contributed by atoms with Gasteiger partial charge in [-0.25, -0.2) is 9.97 Å². The van der Waals surface area contributed by atoms with Gasteiger partial charge in [-0.05, 0) is 34.5 Å². The Labute approximate surface area is 125 Å². The van der Waals surface area contributed by atoms with Gasteiger partial charge in [-0.1, -0.05) is 30.7 Å². The summed E-state index contributed by atoms with van der Waals surface area (Å²) >= 11 is 9.49. The third-order valence-electron chi connectivity index (χ3n) is 2.34. The first-order valence-corrected chi connectivity index (χ1v) is 7.06. The molecule has 0 fully saturated rings. The topological polar surface area (TPSA) is 47.0 Å². The van der Waals surface area contributed by atoms with Crippen LogP contribution in [-0.2, 0) is 0 Å². The van der Waals surface area contributed by atoms with Crippen LogP contribution in [-0.4, -0.2) is 16.5 Å². The van der Waals surface area contributed by atoms with Crippen LogP contribution in [0.1, 0.15) is 13.3 Å². The van der Waals surface area contributed by atoms with E-state index in [1.54, 1.807) is 12.1 Å². The van der Waals surface area contributed by atoms with E-state index in [0.29, 0.717) is 26.9 Å². The Morgan fingerprint density at radius 1 is 1.32 bits per heavy atom. The quantitative estimate of drug-likeness (QED) is 0.868. The third kappa shape index (κ3) is 3.58. The summed E-state index contributed by atoms with van der Waals surface area (Å²) in [7, 11) is 0. The van der Waals surface area contributed by atoms with E-state index in [-0.39, 0.29) is 0 Å². The Bertz CT molecular complexity index is 565. The molecule has 100 valence electrons. The SMILES string of the molecule is CCCNc1ncnc(Oc2ccccc2Cl)c1Br. The van der Waals surface area contributed by atoms with Crippen molar-refractivity contribution in [1.29, 1.82) is 0 Å². The summed E-state index contributed by atoms with van der Waals surface area (Å²) in [4.78, 5) is 8.26. The van der Waals surface area contributed by atoms with Gasteiger partial charge in [-0.15, -0.1) is 0 Å². The number of hydrogen-bond donors (Lipinski definition) is 1. The van der Waals surface area contributed by atoms with Crippen LogP contribution in [0.25, 0.3) is 0 Å². The second kappa shape index (κ2) is 6.73. The van der Waals surface area contributed by atoms with Crippen LogP contribution < -0.4 is 10.1 Å². The predicted molar refractivity (Wildman–Crippen MR) is 80.0 cm³/mol. The maximum atomic E-state index is 6.05. The zero-order chi connectivity index (χ0) is 13.7. The molecule has 0 amide bonds. The molecule has 0 aliphatic carbocycles. The van der Waals surface area contributed by atoms with Crippen molar-refractivity contribution in [3.8, 4) is 11.6 Å². The predicted octanol–water partition coefficient (Wildman–Crippen LogP) is 4.51. The zero-order valence-electron chi connectivity index (χ0n) is 10.4. The normalized spacial score (nSPS) is 10.3. The lowest BCUT2D eigenvalue weighted by atomic mass is 10.3. The van der Waals surface area contributed by atoms with Crippen LogP contribution in [0, 0.1) is 0 Å². The third-order valence-corrected chi connectivity index (χ3v) is 3.37. The van der Waals surface area contributed by atoms with Gasteiger partial charge >= 0.3 is 0 Å². The van der Waals surface area contributed by atoms with E-state index >= 15 is 0 Å². The number of hydrogen-bond acceptors (Lipinski definition) is 4. The molecule has 2 rings (SSSR count). The van der Waals surface area contributed by atoms with E-state index in [1.165, 1.54) is 6.33 Å². The number of benzene rings is 1. The standard InChI is InChI=1S/C13H13BrClN3O/c1-2-7-16-12-11(14)13(18-8-17-12)19-10-6-4-3-5-9(10)15/h3-6,8H,2,7H2,1H3,(H,16,17,18). The van der Waals surface area contributed by atoms with Crippen molar-refractivity contribution in [3.05, 3.63) is 40.1 Å². The number of para-hydroxylation sites is 1. The van der Waals surface area contributed by atoms with Gasteiger partial charge in [-0.2, -0.15) is 0 Å². The molecule has 19 heavy (non-hydrogen) atoms. The van der Waals surface area contributed by atoms with Crippen molar-refractivity contribution in [3.63, 3.8) is 0 Å². The van der Waals surface area contributed by atoms with E-state index in [4.69, 9.17) is 16.3 Å². The highest BCUT2D eigenvalue weighted by Gasteiger charge is 2.11.